The van der Waals surface area contributed by atoms with Crippen LogP contribution in [0.4, 0.5) is 0 Å². The monoisotopic (exact) mass is 342 g/mol. The minimum absolute atomic E-state index is 0.0372. The number of para-hydroxylation sites is 1. The molecule has 0 radical (unpaired) electrons. The van der Waals surface area contributed by atoms with Crippen LogP contribution in [0, 0.1) is 6.92 Å². The normalized spacial score (nSPS) is 22.4. The molecule has 7 heteroatoms. The molecule has 2 atom stereocenters. The summed E-state index contributed by atoms with van der Waals surface area (Å²) in [6.45, 7) is 4.65. The maximum absolute atomic E-state index is 11.5. The minimum atomic E-state index is -3.21. The zero-order valence-corrected chi connectivity index (χ0v) is 14.8. The maximum Gasteiger partial charge on any atom is 0.209 e. The first-order valence-electron chi connectivity index (χ1n) is 7.79. The second-order valence-electron chi connectivity index (χ2n) is 5.96. The quantitative estimate of drug-likeness (QED) is 0.764. The number of nitrogens with one attached hydrogen (secondary N) is 1. The number of benzene rings is 1. The van der Waals surface area contributed by atoms with E-state index in [-0.39, 0.29) is 12.1 Å². The Labute approximate surface area is 138 Å². The Morgan fingerprint density at radius 2 is 2.09 bits per heavy atom. The lowest BCUT2D eigenvalue weighted by atomic mass is 10.1. The number of hydrogen-bond donors (Lipinski definition) is 1. The van der Waals surface area contributed by atoms with E-state index in [1.165, 1.54) is 6.26 Å². The Morgan fingerprint density at radius 3 is 2.74 bits per heavy atom. The van der Waals surface area contributed by atoms with Gasteiger partial charge in [-0.15, -0.1) is 0 Å². The van der Waals surface area contributed by atoms with E-state index in [9.17, 15) is 8.42 Å². The molecule has 0 bridgehead atoms. The average Bonchev–Trinajstić information content (AvgIpc) is 2.82. The van der Waals surface area contributed by atoms with Crippen LogP contribution in [0.1, 0.15) is 12.0 Å². The van der Waals surface area contributed by atoms with Gasteiger partial charge >= 0.3 is 0 Å². The van der Waals surface area contributed by atoms with Gasteiger partial charge in [-0.25, -0.2) is 13.1 Å². The number of hydrogen-bond acceptors (Lipinski definition) is 5. The van der Waals surface area contributed by atoms with Gasteiger partial charge in [0.15, 0.2) is 0 Å². The first kappa shape index (κ1) is 18.2. The molecular formula is C16H26N2O4S. The smallest absolute Gasteiger partial charge is 0.209 e. The van der Waals surface area contributed by atoms with Crippen LogP contribution in [0.3, 0.4) is 0 Å². The summed E-state index contributed by atoms with van der Waals surface area (Å²) in [5.41, 5.74) is 1.11. The van der Waals surface area contributed by atoms with Gasteiger partial charge in [0.05, 0.1) is 12.9 Å². The van der Waals surface area contributed by atoms with Crippen molar-refractivity contribution in [2.45, 2.75) is 25.4 Å². The molecule has 0 aromatic heterocycles. The summed E-state index contributed by atoms with van der Waals surface area (Å²) in [7, 11) is -1.58. The summed E-state index contributed by atoms with van der Waals surface area (Å²) in [6, 6.07) is 7.85. The molecule has 0 aliphatic carbocycles. The molecule has 1 heterocycles. The molecule has 0 saturated carbocycles. The van der Waals surface area contributed by atoms with Crippen LogP contribution in [0.5, 0.6) is 5.75 Å². The van der Waals surface area contributed by atoms with E-state index in [0.717, 1.165) is 30.8 Å². The molecule has 1 aromatic carbocycles. The number of nitrogens with zero attached hydrogens (tertiary/aromatic N) is 1. The lowest BCUT2D eigenvalue weighted by Crippen LogP contribution is -2.47. The average molecular weight is 342 g/mol. The maximum atomic E-state index is 11.5. The van der Waals surface area contributed by atoms with Gasteiger partial charge in [0.25, 0.3) is 0 Å². The van der Waals surface area contributed by atoms with Crippen molar-refractivity contribution in [2.24, 2.45) is 0 Å². The summed E-state index contributed by atoms with van der Waals surface area (Å²) < 4.78 is 36.8. The SMILES string of the molecule is COCC1C(NS(C)(=O)=O)CCN1CCOc1ccccc1C. The lowest BCUT2D eigenvalue weighted by Gasteiger charge is -2.27. The summed E-state index contributed by atoms with van der Waals surface area (Å²) in [5, 5.41) is 0. The number of likely N-dealkylation sites (tertiary alicyclic amines) is 1. The summed E-state index contributed by atoms with van der Waals surface area (Å²) in [4.78, 5) is 2.23. The number of aryl methyl sites for hydroxylation is 1. The molecule has 1 aromatic rings. The highest BCUT2D eigenvalue weighted by Gasteiger charge is 2.35. The Morgan fingerprint density at radius 1 is 1.35 bits per heavy atom. The molecule has 0 spiro atoms. The summed E-state index contributed by atoms with van der Waals surface area (Å²) >= 11 is 0. The third kappa shape index (κ3) is 5.46. The van der Waals surface area contributed by atoms with Crippen molar-refractivity contribution in [1.82, 2.24) is 9.62 Å². The third-order valence-corrected chi connectivity index (χ3v) is 4.82. The second kappa shape index (κ2) is 8.10. The molecule has 6 nitrogen and oxygen atoms in total. The van der Waals surface area contributed by atoms with Crippen molar-refractivity contribution in [2.75, 3.05) is 39.7 Å². The lowest BCUT2D eigenvalue weighted by molar-refractivity contribution is 0.0977. The highest BCUT2D eigenvalue weighted by Crippen LogP contribution is 2.20. The van der Waals surface area contributed by atoms with E-state index in [4.69, 9.17) is 9.47 Å². The van der Waals surface area contributed by atoms with Crippen LogP contribution < -0.4 is 9.46 Å². The van der Waals surface area contributed by atoms with Crippen molar-refractivity contribution < 1.29 is 17.9 Å². The van der Waals surface area contributed by atoms with E-state index in [1.807, 2.05) is 31.2 Å². The van der Waals surface area contributed by atoms with Crippen LogP contribution in [-0.2, 0) is 14.8 Å². The second-order valence-corrected chi connectivity index (χ2v) is 7.74. The van der Waals surface area contributed by atoms with Gasteiger partial charge < -0.3 is 9.47 Å². The van der Waals surface area contributed by atoms with Crippen LogP contribution in [0.15, 0.2) is 24.3 Å². The van der Waals surface area contributed by atoms with E-state index in [0.29, 0.717) is 13.2 Å². The first-order chi connectivity index (χ1) is 10.9. The van der Waals surface area contributed by atoms with Gasteiger partial charge in [0.2, 0.25) is 10.0 Å². The van der Waals surface area contributed by atoms with Gasteiger partial charge in [0, 0.05) is 32.3 Å². The van der Waals surface area contributed by atoms with Crippen molar-refractivity contribution in [3.05, 3.63) is 29.8 Å². The van der Waals surface area contributed by atoms with Crippen LogP contribution in [0.2, 0.25) is 0 Å². The molecule has 1 N–H and O–H groups in total. The summed E-state index contributed by atoms with van der Waals surface area (Å²) in [5.74, 6) is 0.890. The molecule has 1 fully saturated rings. The number of rotatable bonds is 8. The molecule has 23 heavy (non-hydrogen) atoms. The molecule has 130 valence electrons. The third-order valence-electron chi connectivity index (χ3n) is 4.09. The zero-order chi connectivity index (χ0) is 16.9. The highest BCUT2D eigenvalue weighted by atomic mass is 32.2. The Bertz CT molecular complexity index is 606. The van der Waals surface area contributed by atoms with Crippen LogP contribution >= 0.6 is 0 Å². The first-order valence-corrected chi connectivity index (χ1v) is 9.68. The molecule has 0 amide bonds. The van der Waals surface area contributed by atoms with E-state index >= 15 is 0 Å². The molecule has 1 saturated heterocycles. The highest BCUT2D eigenvalue weighted by molar-refractivity contribution is 7.88. The topological polar surface area (TPSA) is 67.9 Å². The fourth-order valence-electron chi connectivity index (χ4n) is 2.99. The molecule has 1 aliphatic heterocycles. The molecule has 2 rings (SSSR count). The molecular weight excluding hydrogens is 316 g/mol. The minimum Gasteiger partial charge on any atom is -0.492 e. The Hall–Kier alpha value is -1.15. The van der Waals surface area contributed by atoms with E-state index in [2.05, 4.69) is 9.62 Å². The Kier molecular flexibility index (Phi) is 6.41. The van der Waals surface area contributed by atoms with Crippen molar-refractivity contribution in [1.29, 1.82) is 0 Å². The van der Waals surface area contributed by atoms with Gasteiger partial charge in [-0.1, -0.05) is 18.2 Å². The standard InChI is InChI=1S/C16H26N2O4S/c1-13-6-4-5-7-16(13)22-11-10-18-9-8-14(15(18)12-21-2)17-23(3,19)20/h4-7,14-15,17H,8-12H2,1-3H3. The van der Waals surface area contributed by atoms with Crippen LogP contribution in [-0.4, -0.2) is 65.1 Å². The number of methoxy groups -OCH3 is 1. The largest absolute Gasteiger partial charge is 0.492 e. The van der Waals surface area contributed by atoms with Crippen molar-refractivity contribution in [3.8, 4) is 5.75 Å². The predicted molar refractivity (Wildman–Crippen MR) is 90.3 cm³/mol. The fourth-order valence-corrected chi connectivity index (χ4v) is 3.82. The zero-order valence-electron chi connectivity index (χ0n) is 14.0. The van der Waals surface area contributed by atoms with E-state index in [1.54, 1.807) is 7.11 Å². The predicted octanol–water partition coefficient (Wildman–Crippen LogP) is 1.01. The van der Waals surface area contributed by atoms with Gasteiger partial charge in [-0.3, -0.25) is 4.90 Å². The molecule has 2 unspecified atom stereocenters. The van der Waals surface area contributed by atoms with Gasteiger partial charge in [0.1, 0.15) is 12.4 Å². The number of sulfonamides is 1. The molecule has 1 aliphatic rings. The number of ether oxygens (including phenoxy) is 2. The van der Waals surface area contributed by atoms with Crippen molar-refractivity contribution >= 4 is 10.0 Å². The summed E-state index contributed by atoms with van der Waals surface area (Å²) in [6.07, 6.45) is 1.98. The van der Waals surface area contributed by atoms with Gasteiger partial charge in [-0.2, -0.15) is 0 Å². The van der Waals surface area contributed by atoms with E-state index < -0.39 is 10.0 Å². The van der Waals surface area contributed by atoms with Crippen LogP contribution in [0.25, 0.3) is 0 Å². The van der Waals surface area contributed by atoms with Crippen molar-refractivity contribution in [3.63, 3.8) is 0 Å². The Balaban J connectivity index is 1.90. The fraction of sp³-hybridized carbons (Fsp3) is 0.625. The van der Waals surface area contributed by atoms with Gasteiger partial charge in [-0.05, 0) is 25.0 Å².